The fraction of sp³-hybridized carbons (Fsp3) is 0.227. The van der Waals surface area contributed by atoms with Gasteiger partial charge in [0.15, 0.2) is 0 Å². The molecule has 0 fully saturated rings. The maximum absolute atomic E-state index is 13.2. The topological polar surface area (TPSA) is 56.9 Å². The summed E-state index contributed by atoms with van der Waals surface area (Å²) in [6.45, 7) is 1.90. The van der Waals surface area contributed by atoms with Crippen LogP contribution < -0.4 is 4.90 Å². The summed E-state index contributed by atoms with van der Waals surface area (Å²) in [5, 5.41) is 10.2. The number of hydrogen-bond donors (Lipinski definition) is 1. The number of carbonyl (C=O) groups excluding carboxylic acids is 1. The Labute approximate surface area is 168 Å². The van der Waals surface area contributed by atoms with Crippen molar-refractivity contribution in [2.24, 2.45) is 0 Å². The summed E-state index contributed by atoms with van der Waals surface area (Å²) in [7, 11) is 0. The van der Waals surface area contributed by atoms with Crippen LogP contribution in [0.5, 0.6) is 5.75 Å². The normalized spacial score (nSPS) is 13.5. The van der Waals surface area contributed by atoms with E-state index in [1.807, 2.05) is 52.3 Å². The number of carbonyl (C=O) groups is 1. The van der Waals surface area contributed by atoms with E-state index in [-0.39, 0.29) is 18.2 Å². The Kier molecular flexibility index (Phi) is 5.69. The maximum Gasteiger partial charge on any atom is 0.241 e. The third-order valence-electron chi connectivity index (χ3n) is 4.73. The van der Waals surface area contributed by atoms with Crippen LogP contribution in [-0.2, 0) is 17.9 Å². The Hall–Kier alpha value is -2.70. The highest BCUT2D eigenvalue weighted by Crippen LogP contribution is 2.34. The number of phenolic OH excluding ortho intramolecular Hbond substituents is 1. The second kappa shape index (κ2) is 8.54. The maximum atomic E-state index is 13.2. The molecule has 0 spiro atoms. The van der Waals surface area contributed by atoms with Crippen LogP contribution in [0.15, 0.2) is 76.2 Å². The zero-order chi connectivity index (χ0) is 19.3. The number of hydrogen-bond acceptors (Lipinski definition) is 5. The first kappa shape index (κ1) is 18.7. The van der Waals surface area contributed by atoms with E-state index in [2.05, 4.69) is 6.07 Å². The Balaban J connectivity index is 1.53. The van der Waals surface area contributed by atoms with Crippen LogP contribution in [0, 0.1) is 0 Å². The molecule has 144 valence electrons. The molecule has 3 aromatic rings. The first-order chi connectivity index (χ1) is 13.7. The number of amides is 1. The molecule has 1 aliphatic heterocycles. The van der Waals surface area contributed by atoms with Crippen molar-refractivity contribution in [2.75, 3.05) is 23.7 Å². The summed E-state index contributed by atoms with van der Waals surface area (Å²) in [5.41, 5.74) is 1.76. The van der Waals surface area contributed by atoms with Crippen LogP contribution in [0.2, 0.25) is 0 Å². The minimum absolute atomic E-state index is 0.0507. The van der Waals surface area contributed by atoms with Crippen LogP contribution in [0.25, 0.3) is 0 Å². The zero-order valence-corrected chi connectivity index (χ0v) is 16.3. The number of para-hydroxylation sites is 2. The van der Waals surface area contributed by atoms with Crippen molar-refractivity contribution in [3.05, 3.63) is 78.3 Å². The number of aromatic hydroxyl groups is 1. The molecule has 0 radical (unpaired) electrons. The average Bonchev–Trinajstić information content (AvgIpc) is 3.22. The van der Waals surface area contributed by atoms with Crippen LogP contribution >= 0.6 is 11.8 Å². The van der Waals surface area contributed by atoms with Gasteiger partial charge in [-0.2, -0.15) is 0 Å². The van der Waals surface area contributed by atoms with E-state index >= 15 is 0 Å². The van der Waals surface area contributed by atoms with Gasteiger partial charge < -0.3 is 14.4 Å². The average molecular weight is 394 g/mol. The summed E-state index contributed by atoms with van der Waals surface area (Å²) < 4.78 is 5.48. The van der Waals surface area contributed by atoms with Gasteiger partial charge in [0.05, 0.1) is 25.0 Å². The quantitative estimate of drug-likeness (QED) is 0.681. The molecular weight excluding hydrogens is 372 g/mol. The van der Waals surface area contributed by atoms with E-state index in [4.69, 9.17) is 4.42 Å². The molecule has 1 amide bonds. The molecule has 4 rings (SSSR count). The van der Waals surface area contributed by atoms with E-state index in [9.17, 15) is 9.90 Å². The minimum Gasteiger partial charge on any atom is -0.508 e. The van der Waals surface area contributed by atoms with Crippen molar-refractivity contribution in [2.45, 2.75) is 18.0 Å². The van der Waals surface area contributed by atoms with Gasteiger partial charge in [0.1, 0.15) is 11.5 Å². The lowest BCUT2D eigenvalue weighted by Crippen LogP contribution is -2.42. The molecule has 1 aliphatic rings. The highest BCUT2D eigenvalue weighted by atomic mass is 32.2. The van der Waals surface area contributed by atoms with Gasteiger partial charge >= 0.3 is 0 Å². The highest BCUT2D eigenvalue weighted by molar-refractivity contribution is 7.99. The van der Waals surface area contributed by atoms with Crippen molar-refractivity contribution in [3.8, 4) is 5.75 Å². The summed E-state index contributed by atoms with van der Waals surface area (Å²) in [4.78, 5) is 18.2. The molecule has 1 aromatic heterocycles. The third kappa shape index (κ3) is 4.24. The Morgan fingerprint density at radius 3 is 2.71 bits per heavy atom. The van der Waals surface area contributed by atoms with Gasteiger partial charge in [0.25, 0.3) is 0 Å². The van der Waals surface area contributed by atoms with Gasteiger partial charge in [0, 0.05) is 29.3 Å². The summed E-state index contributed by atoms with van der Waals surface area (Å²) >= 11 is 1.78. The van der Waals surface area contributed by atoms with Gasteiger partial charge in [-0.05, 0) is 30.3 Å². The van der Waals surface area contributed by atoms with E-state index in [0.717, 1.165) is 27.7 Å². The lowest BCUT2D eigenvalue weighted by atomic mass is 10.2. The number of fused-ring (bicyclic) bond motifs is 1. The Bertz CT molecular complexity index is 942. The predicted octanol–water partition coefficient (Wildman–Crippen LogP) is 4.13. The van der Waals surface area contributed by atoms with Gasteiger partial charge in [-0.15, -0.1) is 11.8 Å². The van der Waals surface area contributed by atoms with Gasteiger partial charge in [-0.3, -0.25) is 9.69 Å². The molecule has 0 atom stereocenters. The monoisotopic (exact) mass is 394 g/mol. The number of phenols is 1. The lowest BCUT2D eigenvalue weighted by Gasteiger charge is -2.31. The number of thioether (sulfide) groups is 1. The Morgan fingerprint density at radius 1 is 1.07 bits per heavy atom. The predicted molar refractivity (Wildman–Crippen MR) is 110 cm³/mol. The summed E-state index contributed by atoms with van der Waals surface area (Å²) in [6.07, 6.45) is 1.63. The van der Waals surface area contributed by atoms with Crippen LogP contribution in [-0.4, -0.2) is 34.8 Å². The molecule has 2 aromatic carbocycles. The molecule has 28 heavy (non-hydrogen) atoms. The first-order valence-corrected chi connectivity index (χ1v) is 10.2. The van der Waals surface area contributed by atoms with Gasteiger partial charge in [-0.1, -0.05) is 30.3 Å². The molecule has 0 saturated heterocycles. The van der Waals surface area contributed by atoms with Crippen molar-refractivity contribution >= 4 is 23.4 Å². The van der Waals surface area contributed by atoms with Gasteiger partial charge in [0.2, 0.25) is 5.91 Å². The fourth-order valence-electron chi connectivity index (χ4n) is 3.38. The number of anilines is 1. The first-order valence-electron chi connectivity index (χ1n) is 9.24. The van der Waals surface area contributed by atoms with E-state index < -0.39 is 0 Å². The molecule has 0 unspecified atom stereocenters. The molecule has 6 heteroatoms. The third-order valence-corrected chi connectivity index (χ3v) is 5.78. The Morgan fingerprint density at radius 2 is 1.89 bits per heavy atom. The van der Waals surface area contributed by atoms with Gasteiger partial charge in [-0.25, -0.2) is 0 Å². The minimum atomic E-state index is 0.0507. The fourth-order valence-corrected chi connectivity index (χ4v) is 4.38. The standard InChI is InChI=1S/C22H22N2O3S/c25-20-9-3-1-6-17(20)14-23(15-18-7-5-12-27-18)16-22(26)24-11-13-28-21-10-4-2-8-19(21)24/h1-10,12,25H,11,13-16H2. The molecule has 0 saturated carbocycles. The van der Waals surface area contributed by atoms with Crippen LogP contribution in [0.3, 0.4) is 0 Å². The molecule has 2 heterocycles. The molecule has 5 nitrogen and oxygen atoms in total. The second-order valence-electron chi connectivity index (χ2n) is 6.71. The van der Waals surface area contributed by atoms with Crippen molar-refractivity contribution in [3.63, 3.8) is 0 Å². The summed E-state index contributed by atoms with van der Waals surface area (Å²) in [6, 6.07) is 19.0. The molecule has 0 aliphatic carbocycles. The van der Waals surface area contributed by atoms with E-state index in [1.54, 1.807) is 30.2 Å². The van der Waals surface area contributed by atoms with Crippen LogP contribution in [0.4, 0.5) is 5.69 Å². The number of nitrogens with zero attached hydrogens (tertiary/aromatic N) is 2. The van der Waals surface area contributed by atoms with Crippen molar-refractivity contribution in [1.29, 1.82) is 0 Å². The van der Waals surface area contributed by atoms with Crippen molar-refractivity contribution in [1.82, 2.24) is 4.90 Å². The zero-order valence-electron chi connectivity index (χ0n) is 15.5. The van der Waals surface area contributed by atoms with Crippen molar-refractivity contribution < 1.29 is 14.3 Å². The number of furan rings is 1. The lowest BCUT2D eigenvalue weighted by molar-refractivity contribution is -0.120. The molecule has 1 N–H and O–H groups in total. The second-order valence-corrected chi connectivity index (χ2v) is 7.85. The van der Waals surface area contributed by atoms with E-state index in [1.165, 1.54) is 0 Å². The SMILES string of the molecule is O=C(CN(Cc1ccco1)Cc1ccccc1O)N1CCSc2ccccc21. The largest absolute Gasteiger partial charge is 0.508 e. The number of rotatable bonds is 6. The smallest absolute Gasteiger partial charge is 0.241 e. The van der Waals surface area contributed by atoms with Crippen LogP contribution in [0.1, 0.15) is 11.3 Å². The van der Waals surface area contributed by atoms with E-state index in [0.29, 0.717) is 19.6 Å². The number of benzene rings is 2. The molecule has 0 bridgehead atoms. The summed E-state index contributed by atoms with van der Waals surface area (Å²) in [5.74, 6) is 1.96. The molecular formula is C22H22N2O3S. The highest BCUT2D eigenvalue weighted by Gasteiger charge is 2.25.